The van der Waals surface area contributed by atoms with Crippen LogP contribution in [0.5, 0.6) is 0 Å². The molecule has 64 valence electrons. The minimum atomic E-state index is 0.491. The van der Waals surface area contributed by atoms with Gasteiger partial charge in [-0.25, -0.2) is 0 Å². The maximum Gasteiger partial charge on any atom is 0.0442 e. The van der Waals surface area contributed by atoms with Crippen LogP contribution in [0.25, 0.3) is 0 Å². The number of aliphatic imine (C=N–C) groups is 1. The van der Waals surface area contributed by atoms with Gasteiger partial charge >= 0.3 is 0 Å². The standard InChI is InChI=1S/C10H19N/c1-8(2)11-10-7-5-4-6-9(10)3/h8-9H,4-7H2,1-3H3/b11-10+/t9-/m0/s1. The highest BCUT2D eigenvalue weighted by molar-refractivity contribution is 5.87. The quantitative estimate of drug-likeness (QED) is 0.549. The van der Waals surface area contributed by atoms with Crippen LogP contribution in [0.3, 0.4) is 0 Å². The summed E-state index contributed by atoms with van der Waals surface area (Å²) in [6, 6.07) is 0.491. The number of rotatable bonds is 1. The van der Waals surface area contributed by atoms with Crippen molar-refractivity contribution in [2.75, 3.05) is 0 Å². The van der Waals surface area contributed by atoms with Gasteiger partial charge in [0.15, 0.2) is 0 Å². The number of hydrogen-bond acceptors (Lipinski definition) is 1. The van der Waals surface area contributed by atoms with Gasteiger partial charge in [0.05, 0.1) is 0 Å². The molecule has 0 N–H and O–H groups in total. The molecule has 0 unspecified atom stereocenters. The van der Waals surface area contributed by atoms with Crippen LogP contribution < -0.4 is 0 Å². The highest BCUT2D eigenvalue weighted by Gasteiger charge is 2.15. The van der Waals surface area contributed by atoms with Gasteiger partial charge in [-0.15, -0.1) is 0 Å². The summed E-state index contributed by atoms with van der Waals surface area (Å²) in [4.78, 5) is 4.63. The topological polar surface area (TPSA) is 12.4 Å². The molecule has 0 heterocycles. The SMILES string of the molecule is CC(C)/N=C1\CCCC[C@@H]1C. The zero-order valence-corrected chi connectivity index (χ0v) is 7.93. The summed E-state index contributed by atoms with van der Waals surface area (Å²) in [5.41, 5.74) is 1.46. The van der Waals surface area contributed by atoms with Crippen LogP contribution in [0.1, 0.15) is 46.5 Å². The minimum Gasteiger partial charge on any atom is -0.291 e. The summed E-state index contributed by atoms with van der Waals surface area (Å²) in [7, 11) is 0. The van der Waals surface area contributed by atoms with Crippen LogP contribution >= 0.6 is 0 Å². The van der Waals surface area contributed by atoms with E-state index >= 15 is 0 Å². The third-order valence-corrected chi connectivity index (χ3v) is 2.31. The molecule has 0 radical (unpaired) electrons. The first-order valence-corrected chi connectivity index (χ1v) is 4.76. The van der Waals surface area contributed by atoms with Crippen molar-refractivity contribution in [2.45, 2.75) is 52.5 Å². The van der Waals surface area contributed by atoms with Gasteiger partial charge in [-0.2, -0.15) is 0 Å². The molecule has 1 heteroatoms. The average Bonchev–Trinajstić information content (AvgIpc) is 1.93. The van der Waals surface area contributed by atoms with E-state index in [1.165, 1.54) is 31.4 Å². The van der Waals surface area contributed by atoms with Crippen LogP contribution in [0.15, 0.2) is 4.99 Å². The van der Waals surface area contributed by atoms with Gasteiger partial charge in [0.1, 0.15) is 0 Å². The van der Waals surface area contributed by atoms with Gasteiger partial charge < -0.3 is 0 Å². The Morgan fingerprint density at radius 3 is 2.64 bits per heavy atom. The predicted molar refractivity (Wildman–Crippen MR) is 50.2 cm³/mol. The second-order valence-electron chi connectivity index (χ2n) is 3.86. The van der Waals surface area contributed by atoms with E-state index in [0.717, 1.165) is 5.92 Å². The fourth-order valence-electron chi connectivity index (χ4n) is 1.69. The Morgan fingerprint density at radius 1 is 1.36 bits per heavy atom. The minimum absolute atomic E-state index is 0.491. The molecule has 0 spiro atoms. The monoisotopic (exact) mass is 153 g/mol. The lowest BCUT2D eigenvalue weighted by Crippen LogP contribution is -2.17. The summed E-state index contributed by atoms with van der Waals surface area (Å²) in [5, 5.41) is 0. The van der Waals surface area contributed by atoms with E-state index in [-0.39, 0.29) is 0 Å². The first-order valence-electron chi connectivity index (χ1n) is 4.76. The van der Waals surface area contributed by atoms with E-state index in [9.17, 15) is 0 Å². The lowest BCUT2D eigenvalue weighted by Gasteiger charge is -2.21. The summed E-state index contributed by atoms with van der Waals surface area (Å²) in [5.74, 6) is 0.756. The molecule has 0 saturated heterocycles. The predicted octanol–water partition coefficient (Wildman–Crippen LogP) is 3.05. The molecule has 1 saturated carbocycles. The maximum atomic E-state index is 4.63. The Kier molecular flexibility index (Phi) is 3.10. The maximum absolute atomic E-state index is 4.63. The molecule has 1 nitrogen and oxygen atoms in total. The van der Waals surface area contributed by atoms with Crippen molar-refractivity contribution in [2.24, 2.45) is 10.9 Å². The van der Waals surface area contributed by atoms with Crippen LogP contribution in [0.2, 0.25) is 0 Å². The first kappa shape index (κ1) is 8.76. The summed E-state index contributed by atoms with van der Waals surface area (Å²) in [6.45, 7) is 6.63. The normalized spacial score (nSPS) is 29.8. The molecule has 0 bridgehead atoms. The van der Waals surface area contributed by atoms with Gasteiger partial charge in [0.2, 0.25) is 0 Å². The summed E-state index contributed by atoms with van der Waals surface area (Å²) in [6.07, 6.45) is 5.36. The van der Waals surface area contributed by atoms with Crippen molar-refractivity contribution in [3.63, 3.8) is 0 Å². The van der Waals surface area contributed by atoms with E-state index in [1.807, 2.05) is 0 Å². The lowest BCUT2D eigenvalue weighted by atomic mass is 9.88. The molecule has 0 aromatic carbocycles. The summed E-state index contributed by atoms with van der Waals surface area (Å²) >= 11 is 0. The van der Waals surface area contributed by atoms with E-state index in [4.69, 9.17) is 0 Å². The van der Waals surface area contributed by atoms with E-state index in [2.05, 4.69) is 25.8 Å². The fraction of sp³-hybridized carbons (Fsp3) is 0.900. The zero-order valence-electron chi connectivity index (χ0n) is 7.93. The highest BCUT2D eigenvalue weighted by Crippen LogP contribution is 2.21. The molecule has 1 fully saturated rings. The molecule has 1 rings (SSSR count). The van der Waals surface area contributed by atoms with Crippen LogP contribution in [-0.2, 0) is 0 Å². The van der Waals surface area contributed by atoms with Crippen LogP contribution in [0.4, 0.5) is 0 Å². The van der Waals surface area contributed by atoms with Gasteiger partial charge in [0.25, 0.3) is 0 Å². The molecule has 1 aliphatic carbocycles. The molecule has 1 aliphatic rings. The molecule has 0 aromatic rings. The Balaban J connectivity index is 2.53. The molecule has 0 amide bonds. The van der Waals surface area contributed by atoms with Crippen molar-refractivity contribution in [1.82, 2.24) is 0 Å². The molecule has 1 atom stereocenters. The van der Waals surface area contributed by atoms with Gasteiger partial charge in [0, 0.05) is 11.8 Å². The smallest absolute Gasteiger partial charge is 0.0442 e. The van der Waals surface area contributed by atoms with E-state index < -0.39 is 0 Å². The van der Waals surface area contributed by atoms with Crippen molar-refractivity contribution < 1.29 is 0 Å². The van der Waals surface area contributed by atoms with Crippen LogP contribution in [0, 0.1) is 5.92 Å². The van der Waals surface area contributed by atoms with Gasteiger partial charge in [-0.3, -0.25) is 4.99 Å². The largest absolute Gasteiger partial charge is 0.291 e. The van der Waals surface area contributed by atoms with Gasteiger partial charge in [-0.05, 0) is 39.0 Å². The Bertz CT molecular complexity index is 147. The molecule has 0 aliphatic heterocycles. The zero-order chi connectivity index (χ0) is 8.27. The van der Waals surface area contributed by atoms with Crippen LogP contribution in [-0.4, -0.2) is 11.8 Å². The average molecular weight is 153 g/mol. The second-order valence-corrected chi connectivity index (χ2v) is 3.86. The first-order chi connectivity index (χ1) is 5.20. The molecular weight excluding hydrogens is 134 g/mol. The van der Waals surface area contributed by atoms with Gasteiger partial charge in [-0.1, -0.05) is 13.3 Å². The van der Waals surface area contributed by atoms with Crippen molar-refractivity contribution in [3.8, 4) is 0 Å². The number of hydrogen-bond donors (Lipinski definition) is 0. The molecule has 11 heavy (non-hydrogen) atoms. The third-order valence-electron chi connectivity index (χ3n) is 2.31. The number of nitrogens with zero attached hydrogens (tertiary/aromatic N) is 1. The van der Waals surface area contributed by atoms with Crippen molar-refractivity contribution >= 4 is 5.71 Å². The molecule has 0 aromatic heterocycles. The Labute approximate surface area is 69.9 Å². The summed E-state index contributed by atoms with van der Waals surface area (Å²) < 4.78 is 0. The lowest BCUT2D eigenvalue weighted by molar-refractivity contribution is 0.553. The molecular formula is C10H19N. The third kappa shape index (κ3) is 2.64. The Hall–Kier alpha value is -0.330. The van der Waals surface area contributed by atoms with Crippen molar-refractivity contribution in [1.29, 1.82) is 0 Å². The van der Waals surface area contributed by atoms with E-state index in [1.54, 1.807) is 0 Å². The second kappa shape index (κ2) is 3.89. The fourth-order valence-corrected chi connectivity index (χ4v) is 1.69. The Morgan fingerprint density at radius 2 is 2.09 bits per heavy atom. The van der Waals surface area contributed by atoms with Crippen molar-refractivity contribution in [3.05, 3.63) is 0 Å². The highest BCUT2D eigenvalue weighted by atomic mass is 14.8. The van der Waals surface area contributed by atoms with E-state index in [0.29, 0.717) is 6.04 Å².